The van der Waals surface area contributed by atoms with Crippen LogP contribution in [0.15, 0.2) is 12.3 Å². The fourth-order valence-electron chi connectivity index (χ4n) is 1.45. The van der Waals surface area contributed by atoms with Gasteiger partial charge >= 0.3 is 5.97 Å². The first-order valence-corrected chi connectivity index (χ1v) is 5.02. The lowest BCUT2D eigenvalue weighted by Crippen LogP contribution is -2.07. The second-order valence-corrected chi connectivity index (χ2v) is 3.97. The lowest BCUT2D eigenvalue weighted by Gasteiger charge is -1.97. The molecule has 0 amide bonds. The van der Waals surface area contributed by atoms with E-state index in [0.29, 0.717) is 23.9 Å². The number of carbonyl (C=O) groups is 1. The first kappa shape index (κ1) is 10.5. The predicted octanol–water partition coefficient (Wildman–Crippen LogP) is 1.02. The fourth-order valence-corrected chi connectivity index (χ4v) is 1.45. The van der Waals surface area contributed by atoms with Crippen molar-refractivity contribution in [3.05, 3.63) is 23.8 Å². The third-order valence-corrected chi connectivity index (χ3v) is 2.09. The van der Waals surface area contributed by atoms with E-state index in [1.165, 1.54) is 16.8 Å². The number of hydrogen-bond acceptors (Lipinski definition) is 4. The Morgan fingerprint density at radius 3 is 2.94 bits per heavy atom. The van der Waals surface area contributed by atoms with Crippen LogP contribution in [-0.2, 0) is 6.42 Å². The summed E-state index contributed by atoms with van der Waals surface area (Å²) in [6, 6.07) is 1.41. The van der Waals surface area contributed by atoms with E-state index in [1.807, 2.05) is 0 Å². The van der Waals surface area contributed by atoms with Gasteiger partial charge < -0.3 is 5.11 Å². The summed E-state index contributed by atoms with van der Waals surface area (Å²) in [5.74, 6) is 0.339. The van der Waals surface area contributed by atoms with Crippen LogP contribution in [0.2, 0.25) is 0 Å². The van der Waals surface area contributed by atoms with Crippen molar-refractivity contribution in [1.29, 1.82) is 0 Å². The van der Waals surface area contributed by atoms with E-state index in [0.717, 1.165) is 0 Å². The number of aromatic carboxylic acids is 1. The molecule has 0 saturated heterocycles. The Morgan fingerprint density at radius 1 is 1.56 bits per heavy atom. The van der Waals surface area contributed by atoms with Gasteiger partial charge in [0.2, 0.25) is 0 Å². The van der Waals surface area contributed by atoms with E-state index < -0.39 is 5.97 Å². The van der Waals surface area contributed by atoms with Gasteiger partial charge in [-0.1, -0.05) is 13.8 Å². The Morgan fingerprint density at radius 2 is 2.31 bits per heavy atom. The first-order valence-electron chi connectivity index (χ1n) is 5.02. The molecule has 0 aliphatic rings. The molecule has 16 heavy (non-hydrogen) atoms. The zero-order chi connectivity index (χ0) is 11.7. The van der Waals surface area contributed by atoms with Crippen LogP contribution in [0.5, 0.6) is 0 Å². The molecule has 0 spiro atoms. The quantitative estimate of drug-likeness (QED) is 0.835. The lowest BCUT2D eigenvalue weighted by molar-refractivity contribution is 0.0687. The number of fused-ring (bicyclic) bond motifs is 1. The van der Waals surface area contributed by atoms with E-state index in [-0.39, 0.29) is 5.69 Å². The minimum Gasteiger partial charge on any atom is -0.477 e. The topological polar surface area (TPSA) is 80.4 Å². The molecule has 6 heteroatoms. The second kappa shape index (κ2) is 3.88. The molecule has 0 radical (unpaired) electrons. The van der Waals surface area contributed by atoms with Gasteiger partial charge in [0, 0.05) is 12.6 Å². The molecule has 6 nitrogen and oxygen atoms in total. The number of nitrogens with zero attached hydrogens (tertiary/aromatic N) is 4. The molecule has 0 aromatic carbocycles. The highest BCUT2D eigenvalue weighted by Gasteiger charge is 2.13. The minimum absolute atomic E-state index is 0.0764. The van der Waals surface area contributed by atoms with Gasteiger partial charge in [-0.15, -0.1) is 5.10 Å². The summed E-state index contributed by atoms with van der Waals surface area (Å²) in [6.45, 7) is 4.11. The molecule has 0 fully saturated rings. The molecule has 0 aliphatic heterocycles. The third-order valence-electron chi connectivity index (χ3n) is 2.09. The molecular formula is C10H12N4O2. The van der Waals surface area contributed by atoms with Crippen molar-refractivity contribution in [3.8, 4) is 0 Å². The standard InChI is InChI=1S/C10H12N4O2/c1-6(2)5-8-12-10-11-4-3-7(9(15)16)14(10)13-8/h3-4,6H,5H2,1-2H3,(H,15,16). The monoisotopic (exact) mass is 220 g/mol. The summed E-state index contributed by atoms with van der Waals surface area (Å²) in [7, 11) is 0. The highest BCUT2D eigenvalue weighted by atomic mass is 16.4. The average molecular weight is 220 g/mol. The van der Waals surface area contributed by atoms with Crippen molar-refractivity contribution in [3.63, 3.8) is 0 Å². The molecule has 0 atom stereocenters. The summed E-state index contributed by atoms with van der Waals surface area (Å²) in [5, 5.41) is 13.1. The number of carboxylic acids is 1. The van der Waals surface area contributed by atoms with Gasteiger partial charge in [-0.3, -0.25) is 0 Å². The maximum Gasteiger partial charge on any atom is 0.354 e. The number of hydrogen-bond donors (Lipinski definition) is 1. The Bertz CT molecular complexity index is 533. The van der Waals surface area contributed by atoms with E-state index in [2.05, 4.69) is 28.9 Å². The van der Waals surface area contributed by atoms with Crippen LogP contribution in [0, 0.1) is 5.92 Å². The zero-order valence-electron chi connectivity index (χ0n) is 9.08. The van der Waals surface area contributed by atoms with Crippen LogP contribution in [0.4, 0.5) is 0 Å². The largest absolute Gasteiger partial charge is 0.477 e. The Labute approximate surface area is 92.0 Å². The van der Waals surface area contributed by atoms with E-state index >= 15 is 0 Å². The molecule has 2 aromatic rings. The number of carboxylic acid groups (broad SMARTS) is 1. The van der Waals surface area contributed by atoms with Gasteiger partial charge in [0.05, 0.1) is 0 Å². The second-order valence-electron chi connectivity index (χ2n) is 3.97. The van der Waals surface area contributed by atoms with Crippen LogP contribution < -0.4 is 0 Å². The molecule has 0 unspecified atom stereocenters. The van der Waals surface area contributed by atoms with Crippen molar-refractivity contribution < 1.29 is 9.90 Å². The number of aromatic nitrogens is 4. The highest BCUT2D eigenvalue weighted by Crippen LogP contribution is 2.07. The highest BCUT2D eigenvalue weighted by molar-refractivity contribution is 5.85. The maximum atomic E-state index is 10.9. The molecule has 2 aromatic heterocycles. The van der Waals surface area contributed by atoms with Crippen molar-refractivity contribution in [2.24, 2.45) is 5.92 Å². The summed E-state index contributed by atoms with van der Waals surface area (Å²) in [5.41, 5.74) is 0.0764. The zero-order valence-corrected chi connectivity index (χ0v) is 9.08. The molecule has 2 heterocycles. The van der Waals surface area contributed by atoms with E-state index in [1.54, 1.807) is 0 Å². The van der Waals surface area contributed by atoms with Gasteiger partial charge in [-0.25, -0.2) is 9.78 Å². The van der Waals surface area contributed by atoms with Gasteiger partial charge in [-0.05, 0) is 12.0 Å². The fraction of sp³-hybridized carbons (Fsp3) is 0.400. The van der Waals surface area contributed by atoms with Crippen molar-refractivity contribution >= 4 is 11.7 Å². The summed E-state index contributed by atoms with van der Waals surface area (Å²) in [4.78, 5) is 19.1. The molecule has 0 aliphatic carbocycles. The first-order chi connectivity index (χ1) is 7.58. The van der Waals surface area contributed by atoms with Crippen molar-refractivity contribution in [2.75, 3.05) is 0 Å². The molecule has 0 saturated carbocycles. The predicted molar refractivity (Wildman–Crippen MR) is 56.3 cm³/mol. The molecule has 84 valence electrons. The molecule has 0 bridgehead atoms. The normalized spacial score (nSPS) is 11.2. The van der Waals surface area contributed by atoms with Crippen LogP contribution in [0.3, 0.4) is 0 Å². The van der Waals surface area contributed by atoms with Crippen LogP contribution in [0.1, 0.15) is 30.2 Å². The van der Waals surface area contributed by atoms with Gasteiger partial charge in [0.1, 0.15) is 0 Å². The van der Waals surface area contributed by atoms with Gasteiger partial charge in [-0.2, -0.15) is 9.50 Å². The van der Waals surface area contributed by atoms with Crippen molar-refractivity contribution in [2.45, 2.75) is 20.3 Å². The SMILES string of the molecule is CC(C)Cc1nc2nccc(C(=O)O)n2n1. The van der Waals surface area contributed by atoms with E-state index in [4.69, 9.17) is 5.11 Å². The Kier molecular flexibility index (Phi) is 2.55. The maximum absolute atomic E-state index is 10.9. The van der Waals surface area contributed by atoms with Crippen LogP contribution in [0.25, 0.3) is 5.78 Å². The summed E-state index contributed by atoms with van der Waals surface area (Å²) < 4.78 is 1.26. The summed E-state index contributed by atoms with van der Waals surface area (Å²) in [6.07, 6.45) is 2.13. The molecular weight excluding hydrogens is 208 g/mol. The smallest absolute Gasteiger partial charge is 0.354 e. The molecule has 2 rings (SSSR count). The minimum atomic E-state index is -1.03. The molecule has 1 N–H and O–H groups in total. The Hall–Kier alpha value is -1.98. The van der Waals surface area contributed by atoms with Crippen molar-refractivity contribution in [1.82, 2.24) is 19.6 Å². The lowest BCUT2D eigenvalue weighted by atomic mass is 10.1. The summed E-state index contributed by atoms with van der Waals surface area (Å²) >= 11 is 0. The third kappa shape index (κ3) is 1.86. The van der Waals surface area contributed by atoms with Crippen LogP contribution in [-0.4, -0.2) is 30.7 Å². The van der Waals surface area contributed by atoms with Gasteiger partial charge in [0.15, 0.2) is 11.5 Å². The Balaban J connectivity index is 2.52. The number of rotatable bonds is 3. The van der Waals surface area contributed by atoms with E-state index in [9.17, 15) is 4.79 Å². The van der Waals surface area contributed by atoms with Crippen LogP contribution >= 0.6 is 0 Å². The van der Waals surface area contributed by atoms with Gasteiger partial charge in [0.25, 0.3) is 5.78 Å². The average Bonchev–Trinajstić information content (AvgIpc) is 2.57.